The lowest BCUT2D eigenvalue weighted by Gasteiger charge is -2.22. The van der Waals surface area contributed by atoms with Gasteiger partial charge in [0.2, 0.25) is 11.8 Å². The molecule has 1 aliphatic carbocycles. The molecule has 1 saturated carbocycles. The van der Waals surface area contributed by atoms with Gasteiger partial charge in [-0.05, 0) is 43.5 Å². The lowest BCUT2D eigenvalue weighted by molar-refractivity contribution is -0.118. The van der Waals surface area contributed by atoms with Gasteiger partial charge in [-0.2, -0.15) is 0 Å². The highest BCUT2D eigenvalue weighted by molar-refractivity contribution is 6.03. The molecular weight excluding hydrogens is 356 g/mol. The van der Waals surface area contributed by atoms with Gasteiger partial charge in [-0.1, -0.05) is 18.2 Å². The summed E-state index contributed by atoms with van der Waals surface area (Å²) in [6, 6.07) is 13.1. The molecule has 1 saturated heterocycles. The summed E-state index contributed by atoms with van der Waals surface area (Å²) < 4.78 is 10.9. The number of nitrogens with one attached hydrogen (secondary N) is 1. The third-order valence-corrected chi connectivity index (χ3v) is 5.61. The zero-order chi connectivity index (χ0) is 19.7. The van der Waals surface area contributed by atoms with Crippen molar-refractivity contribution in [3.63, 3.8) is 0 Å². The van der Waals surface area contributed by atoms with Crippen LogP contribution < -0.4 is 19.7 Å². The van der Waals surface area contributed by atoms with E-state index in [0.717, 1.165) is 30.6 Å². The average Bonchev–Trinajstić information content (AvgIpc) is 3.43. The van der Waals surface area contributed by atoms with Crippen LogP contribution in [0, 0.1) is 0 Å². The number of nitrogens with zero attached hydrogens (tertiary/aromatic N) is 1. The topological polar surface area (TPSA) is 67.9 Å². The van der Waals surface area contributed by atoms with E-state index in [1.807, 2.05) is 30.3 Å². The van der Waals surface area contributed by atoms with E-state index in [9.17, 15) is 9.59 Å². The Kier molecular flexibility index (Phi) is 4.71. The molecule has 2 aromatic carbocycles. The second kappa shape index (κ2) is 7.19. The summed E-state index contributed by atoms with van der Waals surface area (Å²) in [5.74, 6) is 1.38. The Morgan fingerprint density at radius 1 is 1.07 bits per heavy atom. The normalized spacial score (nSPS) is 17.4. The van der Waals surface area contributed by atoms with Gasteiger partial charge in [0.25, 0.3) is 0 Å². The van der Waals surface area contributed by atoms with Crippen molar-refractivity contribution in [2.75, 3.05) is 31.0 Å². The molecule has 2 aromatic rings. The second-order valence-electron chi connectivity index (χ2n) is 7.27. The number of benzene rings is 2. The van der Waals surface area contributed by atoms with E-state index in [2.05, 4.69) is 5.32 Å². The van der Waals surface area contributed by atoms with Crippen LogP contribution in [-0.2, 0) is 15.0 Å². The number of carbonyl (C=O) groups excluding carboxylic acids is 2. The molecule has 146 valence electrons. The first-order chi connectivity index (χ1) is 13.6. The number of carbonyl (C=O) groups is 2. The summed E-state index contributed by atoms with van der Waals surface area (Å²) in [6.07, 6.45) is 2.94. The Morgan fingerprint density at radius 2 is 1.82 bits per heavy atom. The van der Waals surface area contributed by atoms with Crippen molar-refractivity contribution >= 4 is 23.2 Å². The molecule has 28 heavy (non-hydrogen) atoms. The number of amides is 2. The third-order valence-electron chi connectivity index (χ3n) is 5.61. The zero-order valence-corrected chi connectivity index (χ0v) is 16.2. The van der Waals surface area contributed by atoms with Crippen molar-refractivity contribution in [3.05, 3.63) is 48.0 Å². The van der Waals surface area contributed by atoms with Gasteiger partial charge in [0.05, 0.1) is 25.3 Å². The van der Waals surface area contributed by atoms with Crippen LogP contribution in [0.1, 0.15) is 31.2 Å². The number of ether oxygens (including phenoxy) is 2. The fraction of sp³-hybridized carbons (Fsp3) is 0.364. The van der Waals surface area contributed by atoms with Gasteiger partial charge in [0.1, 0.15) is 11.5 Å². The number of rotatable bonds is 6. The maximum absolute atomic E-state index is 13.1. The van der Waals surface area contributed by atoms with Crippen LogP contribution >= 0.6 is 0 Å². The fourth-order valence-electron chi connectivity index (χ4n) is 3.92. The summed E-state index contributed by atoms with van der Waals surface area (Å²) in [5.41, 5.74) is 1.71. The Balaban J connectivity index is 1.61. The van der Waals surface area contributed by atoms with E-state index in [0.29, 0.717) is 30.1 Å². The van der Waals surface area contributed by atoms with Crippen LogP contribution in [0.5, 0.6) is 11.5 Å². The largest absolute Gasteiger partial charge is 0.496 e. The number of anilines is 2. The molecule has 0 spiro atoms. The molecule has 0 aromatic heterocycles. The highest BCUT2D eigenvalue weighted by atomic mass is 16.5. The van der Waals surface area contributed by atoms with E-state index < -0.39 is 5.41 Å². The lowest BCUT2D eigenvalue weighted by atomic mass is 9.94. The number of methoxy groups -OCH3 is 2. The van der Waals surface area contributed by atoms with E-state index >= 15 is 0 Å². The molecule has 0 radical (unpaired) electrons. The second-order valence-corrected chi connectivity index (χ2v) is 7.27. The van der Waals surface area contributed by atoms with Crippen molar-refractivity contribution in [2.24, 2.45) is 0 Å². The van der Waals surface area contributed by atoms with E-state index in [4.69, 9.17) is 9.47 Å². The van der Waals surface area contributed by atoms with Crippen molar-refractivity contribution in [1.29, 1.82) is 0 Å². The highest BCUT2D eigenvalue weighted by Crippen LogP contribution is 2.52. The smallest absolute Gasteiger partial charge is 0.235 e. The highest BCUT2D eigenvalue weighted by Gasteiger charge is 2.52. The Labute approximate surface area is 164 Å². The molecule has 4 rings (SSSR count). The van der Waals surface area contributed by atoms with E-state index in [-0.39, 0.29) is 11.8 Å². The monoisotopic (exact) mass is 380 g/mol. The summed E-state index contributed by atoms with van der Waals surface area (Å²) in [5, 5.41) is 3.04. The minimum absolute atomic E-state index is 0.0548. The Hall–Kier alpha value is -3.02. The van der Waals surface area contributed by atoms with Crippen LogP contribution in [0.15, 0.2) is 42.5 Å². The Morgan fingerprint density at radius 3 is 2.46 bits per heavy atom. The quantitative estimate of drug-likeness (QED) is 0.833. The number of para-hydroxylation sites is 1. The molecule has 2 fully saturated rings. The van der Waals surface area contributed by atoms with Gasteiger partial charge < -0.3 is 19.7 Å². The van der Waals surface area contributed by atoms with Crippen LogP contribution in [0.25, 0.3) is 0 Å². The molecule has 6 nitrogen and oxygen atoms in total. The minimum atomic E-state index is -0.559. The number of hydrogen-bond donors (Lipinski definition) is 1. The predicted octanol–water partition coefficient (Wildman–Crippen LogP) is 3.50. The van der Waals surface area contributed by atoms with Gasteiger partial charge in [-0.25, -0.2) is 0 Å². The molecule has 2 aliphatic rings. The average molecular weight is 380 g/mol. The molecule has 0 atom stereocenters. The molecule has 1 N–H and O–H groups in total. The summed E-state index contributed by atoms with van der Waals surface area (Å²) in [6.45, 7) is 0.664. The van der Waals surface area contributed by atoms with Gasteiger partial charge in [0, 0.05) is 24.2 Å². The molecule has 6 heteroatoms. The van der Waals surface area contributed by atoms with E-state index in [1.54, 1.807) is 31.3 Å². The third kappa shape index (κ3) is 3.09. The first-order valence-corrected chi connectivity index (χ1v) is 9.52. The van der Waals surface area contributed by atoms with Crippen molar-refractivity contribution < 1.29 is 19.1 Å². The summed E-state index contributed by atoms with van der Waals surface area (Å²) in [4.78, 5) is 27.0. The summed E-state index contributed by atoms with van der Waals surface area (Å²) >= 11 is 0. The van der Waals surface area contributed by atoms with Gasteiger partial charge in [-0.15, -0.1) is 0 Å². The predicted molar refractivity (Wildman–Crippen MR) is 107 cm³/mol. The van der Waals surface area contributed by atoms with Gasteiger partial charge in [-0.3, -0.25) is 9.59 Å². The molecule has 0 bridgehead atoms. The van der Waals surface area contributed by atoms with Gasteiger partial charge >= 0.3 is 0 Å². The Bertz CT molecular complexity index is 921. The van der Waals surface area contributed by atoms with Crippen LogP contribution in [0.2, 0.25) is 0 Å². The first kappa shape index (κ1) is 18.3. The zero-order valence-electron chi connectivity index (χ0n) is 16.2. The van der Waals surface area contributed by atoms with Crippen LogP contribution in [0.3, 0.4) is 0 Å². The minimum Gasteiger partial charge on any atom is -0.496 e. The SMILES string of the molecule is COc1ccc(NC(=O)C2(c3ccccc3OC)CC2)cc1N1CCCC1=O. The van der Waals surface area contributed by atoms with Crippen molar-refractivity contribution in [3.8, 4) is 11.5 Å². The standard InChI is InChI=1S/C22H24N2O4/c1-27-18-7-4-3-6-16(18)22(11-12-22)21(26)23-15-9-10-19(28-2)17(14-15)24-13-5-8-20(24)25/h3-4,6-7,9-10,14H,5,8,11-13H2,1-2H3,(H,23,26). The molecular formula is C22H24N2O4. The lowest BCUT2D eigenvalue weighted by Crippen LogP contribution is -2.28. The molecule has 1 aliphatic heterocycles. The van der Waals surface area contributed by atoms with Crippen LogP contribution in [0.4, 0.5) is 11.4 Å². The number of hydrogen-bond acceptors (Lipinski definition) is 4. The maximum Gasteiger partial charge on any atom is 0.235 e. The molecule has 2 amide bonds. The van der Waals surface area contributed by atoms with E-state index in [1.165, 1.54) is 0 Å². The maximum atomic E-state index is 13.1. The summed E-state index contributed by atoms with van der Waals surface area (Å²) in [7, 11) is 3.20. The molecule has 1 heterocycles. The molecule has 0 unspecified atom stereocenters. The van der Waals surface area contributed by atoms with Crippen LogP contribution in [-0.4, -0.2) is 32.6 Å². The van der Waals surface area contributed by atoms with Gasteiger partial charge in [0.15, 0.2) is 0 Å². The fourth-order valence-corrected chi connectivity index (χ4v) is 3.92. The first-order valence-electron chi connectivity index (χ1n) is 9.52. The van der Waals surface area contributed by atoms with Crippen molar-refractivity contribution in [2.45, 2.75) is 31.1 Å². The van der Waals surface area contributed by atoms with Crippen molar-refractivity contribution in [1.82, 2.24) is 0 Å².